The Morgan fingerprint density at radius 2 is 1.97 bits per heavy atom. The maximum absolute atomic E-state index is 14.6. The average Bonchev–Trinajstić information content (AvgIpc) is 2.76. The fourth-order valence-electron chi connectivity index (χ4n) is 3.19. The first-order valence-corrected chi connectivity index (χ1v) is 9.96. The number of halogens is 1. The first kappa shape index (κ1) is 20.9. The highest BCUT2D eigenvalue weighted by atomic mass is 19.1. The van der Waals surface area contributed by atoms with E-state index in [1.165, 1.54) is 0 Å². The summed E-state index contributed by atoms with van der Waals surface area (Å²) < 4.78 is 25.2. The Morgan fingerprint density at radius 3 is 2.69 bits per heavy atom. The molecular formula is C22H29FN4O2. The third-order valence-corrected chi connectivity index (χ3v) is 4.72. The number of rotatable bonds is 7. The van der Waals surface area contributed by atoms with E-state index < -0.39 is 0 Å². The van der Waals surface area contributed by atoms with Gasteiger partial charge in [-0.05, 0) is 42.3 Å². The van der Waals surface area contributed by atoms with Gasteiger partial charge in [0.1, 0.15) is 11.6 Å². The van der Waals surface area contributed by atoms with E-state index in [1.807, 2.05) is 48.2 Å². The van der Waals surface area contributed by atoms with Crippen molar-refractivity contribution in [2.24, 2.45) is 4.99 Å². The molecular weight excluding hydrogens is 371 g/mol. The SMILES string of the molecule is CCNC(=NCc1cccc(OC)c1)NCc1ccc(N2CCOCC2)c(F)c1. The molecule has 3 rings (SSSR count). The quantitative estimate of drug-likeness (QED) is 0.553. The van der Waals surface area contributed by atoms with Gasteiger partial charge >= 0.3 is 0 Å². The largest absolute Gasteiger partial charge is 0.497 e. The van der Waals surface area contributed by atoms with Crippen LogP contribution in [0.2, 0.25) is 0 Å². The van der Waals surface area contributed by atoms with Gasteiger partial charge in [0.15, 0.2) is 5.96 Å². The molecule has 0 unspecified atom stereocenters. The third kappa shape index (κ3) is 6.09. The van der Waals surface area contributed by atoms with Crippen LogP contribution in [0.15, 0.2) is 47.5 Å². The number of hydrogen-bond donors (Lipinski definition) is 2. The molecule has 1 saturated heterocycles. The molecule has 0 radical (unpaired) electrons. The van der Waals surface area contributed by atoms with Gasteiger partial charge in [-0.25, -0.2) is 9.38 Å². The number of morpholine rings is 1. The summed E-state index contributed by atoms with van der Waals surface area (Å²) in [7, 11) is 1.65. The lowest BCUT2D eigenvalue weighted by atomic mass is 10.1. The minimum absolute atomic E-state index is 0.204. The van der Waals surface area contributed by atoms with E-state index in [9.17, 15) is 4.39 Å². The number of guanidine groups is 1. The van der Waals surface area contributed by atoms with E-state index in [2.05, 4.69) is 15.6 Å². The monoisotopic (exact) mass is 400 g/mol. The van der Waals surface area contributed by atoms with Crippen LogP contribution in [-0.2, 0) is 17.8 Å². The predicted octanol–water partition coefficient (Wildman–Crippen LogP) is 2.93. The number of nitrogens with one attached hydrogen (secondary N) is 2. The van der Waals surface area contributed by atoms with E-state index in [0.29, 0.717) is 38.0 Å². The van der Waals surface area contributed by atoms with Crippen molar-refractivity contribution < 1.29 is 13.9 Å². The Bertz CT molecular complexity index is 822. The smallest absolute Gasteiger partial charge is 0.191 e. The first-order valence-electron chi connectivity index (χ1n) is 9.96. The second-order valence-electron chi connectivity index (χ2n) is 6.79. The normalized spacial score (nSPS) is 14.6. The van der Waals surface area contributed by atoms with Crippen molar-refractivity contribution in [3.8, 4) is 5.75 Å². The van der Waals surface area contributed by atoms with Gasteiger partial charge in [0.05, 0.1) is 32.6 Å². The van der Waals surface area contributed by atoms with Crippen LogP contribution in [-0.4, -0.2) is 45.9 Å². The molecule has 0 amide bonds. The number of ether oxygens (including phenoxy) is 2. The zero-order valence-electron chi connectivity index (χ0n) is 17.1. The summed E-state index contributed by atoms with van der Waals surface area (Å²) in [4.78, 5) is 6.63. The van der Waals surface area contributed by atoms with Crippen LogP contribution in [0.1, 0.15) is 18.1 Å². The van der Waals surface area contributed by atoms with E-state index in [4.69, 9.17) is 9.47 Å². The van der Waals surface area contributed by atoms with Crippen molar-refractivity contribution in [3.05, 3.63) is 59.4 Å². The van der Waals surface area contributed by atoms with E-state index in [0.717, 1.165) is 36.5 Å². The Hall–Kier alpha value is -2.80. The molecule has 1 heterocycles. The Balaban J connectivity index is 1.61. The van der Waals surface area contributed by atoms with Gasteiger partial charge in [-0.2, -0.15) is 0 Å². The van der Waals surface area contributed by atoms with Crippen LogP contribution in [0.4, 0.5) is 10.1 Å². The van der Waals surface area contributed by atoms with Gasteiger partial charge in [-0.1, -0.05) is 18.2 Å². The van der Waals surface area contributed by atoms with E-state index in [1.54, 1.807) is 13.2 Å². The molecule has 1 aliphatic heterocycles. The van der Waals surface area contributed by atoms with Crippen molar-refractivity contribution in [2.45, 2.75) is 20.0 Å². The Morgan fingerprint density at radius 1 is 1.14 bits per heavy atom. The molecule has 0 atom stereocenters. The molecule has 0 spiro atoms. The van der Waals surface area contributed by atoms with Crippen LogP contribution in [0.3, 0.4) is 0 Å². The lowest BCUT2D eigenvalue weighted by molar-refractivity contribution is 0.122. The van der Waals surface area contributed by atoms with Crippen LogP contribution in [0.5, 0.6) is 5.75 Å². The summed E-state index contributed by atoms with van der Waals surface area (Å²) in [6.07, 6.45) is 0. The molecule has 7 heteroatoms. The molecule has 2 N–H and O–H groups in total. The summed E-state index contributed by atoms with van der Waals surface area (Å²) in [6.45, 7) is 6.48. The molecule has 6 nitrogen and oxygen atoms in total. The molecule has 2 aromatic rings. The van der Waals surface area contributed by atoms with Gasteiger partial charge in [-0.3, -0.25) is 0 Å². The van der Waals surface area contributed by atoms with E-state index in [-0.39, 0.29) is 5.82 Å². The van der Waals surface area contributed by atoms with E-state index >= 15 is 0 Å². The average molecular weight is 400 g/mol. The fraction of sp³-hybridized carbons (Fsp3) is 0.409. The lowest BCUT2D eigenvalue weighted by Crippen LogP contribution is -2.37. The molecule has 2 aromatic carbocycles. The fourth-order valence-corrected chi connectivity index (χ4v) is 3.19. The molecule has 0 bridgehead atoms. The maximum atomic E-state index is 14.6. The zero-order chi connectivity index (χ0) is 20.5. The number of aliphatic imine (C=N–C) groups is 1. The van der Waals surface area contributed by atoms with Crippen molar-refractivity contribution in [1.29, 1.82) is 0 Å². The van der Waals surface area contributed by atoms with Crippen LogP contribution in [0, 0.1) is 5.82 Å². The number of benzene rings is 2. The minimum atomic E-state index is -0.204. The van der Waals surface area contributed by atoms with Gasteiger partial charge in [0, 0.05) is 26.2 Å². The third-order valence-electron chi connectivity index (χ3n) is 4.72. The first-order chi connectivity index (χ1) is 14.2. The highest BCUT2D eigenvalue weighted by Gasteiger charge is 2.15. The lowest BCUT2D eigenvalue weighted by Gasteiger charge is -2.29. The molecule has 1 fully saturated rings. The summed E-state index contributed by atoms with van der Waals surface area (Å²) in [5, 5.41) is 6.49. The molecule has 156 valence electrons. The van der Waals surface area contributed by atoms with Crippen LogP contribution in [0.25, 0.3) is 0 Å². The number of anilines is 1. The highest BCUT2D eigenvalue weighted by Crippen LogP contribution is 2.21. The molecule has 29 heavy (non-hydrogen) atoms. The number of hydrogen-bond acceptors (Lipinski definition) is 4. The second kappa shape index (κ2) is 10.7. The highest BCUT2D eigenvalue weighted by molar-refractivity contribution is 5.79. The van der Waals surface area contributed by atoms with Crippen LogP contribution < -0.4 is 20.3 Å². The summed E-state index contributed by atoms with van der Waals surface area (Å²) in [5.41, 5.74) is 2.56. The van der Waals surface area contributed by atoms with Crippen LogP contribution >= 0.6 is 0 Å². The Kier molecular flexibility index (Phi) is 7.69. The van der Waals surface area contributed by atoms with Crippen molar-refractivity contribution >= 4 is 11.6 Å². The predicted molar refractivity (Wildman–Crippen MR) is 114 cm³/mol. The molecule has 0 aliphatic carbocycles. The summed E-state index contributed by atoms with van der Waals surface area (Å²) >= 11 is 0. The molecule has 1 aliphatic rings. The number of methoxy groups -OCH3 is 1. The van der Waals surface area contributed by atoms with Crippen molar-refractivity contribution in [3.63, 3.8) is 0 Å². The summed E-state index contributed by atoms with van der Waals surface area (Å²) in [6, 6.07) is 13.2. The van der Waals surface area contributed by atoms with Gasteiger partial charge < -0.3 is 25.0 Å². The molecule has 0 aromatic heterocycles. The summed E-state index contributed by atoms with van der Waals surface area (Å²) in [5.74, 6) is 1.30. The Labute approximate surface area is 171 Å². The van der Waals surface area contributed by atoms with Crippen molar-refractivity contribution in [1.82, 2.24) is 10.6 Å². The maximum Gasteiger partial charge on any atom is 0.191 e. The van der Waals surface area contributed by atoms with Crippen molar-refractivity contribution in [2.75, 3.05) is 44.9 Å². The second-order valence-corrected chi connectivity index (χ2v) is 6.79. The topological polar surface area (TPSA) is 58.1 Å². The van der Waals surface area contributed by atoms with Gasteiger partial charge in [0.2, 0.25) is 0 Å². The minimum Gasteiger partial charge on any atom is -0.497 e. The number of nitrogens with zero attached hydrogens (tertiary/aromatic N) is 2. The van der Waals surface area contributed by atoms with Gasteiger partial charge in [0.25, 0.3) is 0 Å². The van der Waals surface area contributed by atoms with Gasteiger partial charge in [-0.15, -0.1) is 0 Å². The zero-order valence-corrected chi connectivity index (χ0v) is 17.1. The molecule has 0 saturated carbocycles. The standard InChI is InChI=1S/C22H29FN4O2/c1-3-24-22(25-15-17-5-4-6-19(13-17)28-2)26-16-18-7-8-21(20(23)14-18)27-9-11-29-12-10-27/h4-8,13-14H,3,9-12,15-16H2,1-2H3,(H2,24,25,26).